The Bertz CT molecular complexity index is 714. The number of nitrogens with zero attached hydrogens (tertiary/aromatic N) is 2. The highest BCUT2D eigenvalue weighted by Crippen LogP contribution is 2.26. The van der Waals surface area contributed by atoms with Gasteiger partial charge in [-0.15, -0.1) is 11.3 Å². The van der Waals surface area contributed by atoms with Crippen molar-refractivity contribution in [3.63, 3.8) is 0 Å². The van der Waals surface area contributed by atoms with Gasteiger partial charge in [0.2, 0.25) is 0 Å². The van der Waals surface area contributed by atoms with Crippen molar-refractivity contribution in [3.8, 4) is 0 Å². The lowest BCUT2D eigenvalue weighted by atomic mass is 10.1. The van der Waals surface area contributed by atoms with E-state index in [1.165, 1.54) is 29.5 Å². The number of hydrogen-bond acceptors (Lipinski definition) is 6. The van der Waals surface area contributed by atoms with Gasteiger partial charge in [0, 0.05) is 17.1 Å². The van der Waals surface area contributed by atoms with Crippen molar-refractivity contribution in [1.82, 2.24) is 10.3 Å². The summed E-state index contributed by atoms with van der Waals surface area (Å²) in [6.45, 7) is 3.80. The second-order valence-electron chi connectivity index (χ2n) is 4.71. The second kappa shape index (κ2) is 6.52. The van der Waals surface area contributed by atoms with Crippen molar-refractivity contribution in [2.75, 3.05) is 5.73 Å². The molecule has 1 amide bonds. The summed E-state index contributed by atoms with van der Waals surface area (Å²) in [6, 6.07) is 3.82. The van der Waals surface area contributed by atoms with E-state index in [-0.39, 0.29) is 23.0 Å². The summed E-state index contributed by atoms with van der Waals surface area (Å²) in [7, 11) is 0. The van der Waals surface area contributed by atoms with E-state index in [0.717, 1.165) is 16.3 Å². The van der Waals surface area contributed by atoms with Gasteiger partial charge in [0.15, 0.2) is 0 Å². The van der Waals surface area contributed by atoms with Crippen LogP contribution in [0.25, 0.3) is 0 Å². The quantitative estimate of drug-likeness (QED) is 0.500. The van der Waals surface area contributed by atoms with Gasteiger partial charge in [0.1, 0.15) is 10.6 Å². The third kappa shape index (κ3) is 3.22. The molecule has 7 nitrogen and oxygen atoms in total. The van der Waals surface area contributed by atoms with Crippen molar-refractivity contribution in [3.05, 3.63) is 50.0 Å². The molecule has 22 heavy (non-hydrogen) atoms. The van der Waals surface area contributed by atoms with Crippen LogP contribution in [0.3, 0.4) is 0 Å². The number of benzene rings is 1. The van der Waals surface area contributed by atoms with Crippen LogP contribution in [-0.4, -0.2) is 15.8 Å². The van der Waals surface area contributed by atoms with Crippen LogP contribution in [0.2, 0.25) is 0 Å². The van der Waals surface area contributed by atoms with Crippen LogP contribution in [0.15, 0.2) is 24.4 Å². The first-order valence-corrected chi connectivity index (χ1v) is 7.54. The average molecular weight is 320 g/mol. The number of anilines is 1. The summed E-state index contributed by atoms with van der Waals surface area (Å²) < 4.78 is 0. The molecule has 1 unspecified atom stereocenters. The molecule has 8 heteroatoms. The molecule has 1 aromatic heterocycles. The second-order valence-corrected chi connectivity index (χ2v) is 5.86. The van der Waals surface area contributed by atoms with Crippen molar-refractivity contribution in [2.45, 2.75) is 26.3 Å². The van der Waals surface area contributed by atoms with Gasteiger partial charge >= 0.3 is 0 Å². The van der Waals surface area contributed by atoms with Gasteiger partial charge in [-0.2, -0.15) is 0 Å². The molecule has 0 aliphatic rings. The first-order chi connectivity index (χ1) is 10.4. The molecular weight excluding hydrogens is 304 g/mol. The summed E-state index contributed by atoms with van der Waals surface area (Å²) in [5.74, 6) is -0.578. The zero-order valence-corrected chi connectivity index (χ0v) is 13.0. The Labute approximate surface area is 131 Å². The van der Waals surface area contributed by atoms with Crippen molar-refractivity contribution in [1.29, 1.82) is 0 Å². The molecule has 1 aromatic carbocycles. The van der Waals surface area contributed by atoms with E-state index in [2.05, 4.69) is 10.3 Å². The molecule has 1 atom stereocenters. The van der Waals surface area contributed by atoms with E-state index < -0.39 is 10.8 Å². The Balaban J connectivity index is 2.24. The average Bonchev–Trinajstić information content (AvgIpc) is 2.95. The molecule has 0 saturated heterocycles. The van der Waals surface area contributed by atoms with Crippen molar-refractivity contribution >= 4 is 28.6 Å². The SMILES string of the molecule is CCc1cnc(C(C)NC(=O)c2c(N)cccc2[N+](=O)[O-])s1. The van der Waals surface area contributed by atoms with Crippen LogP contribution in [-0.2, 0) is 6.42 Å². The highest BCUT2D eigenvalue weighted by Gasteiger charge is 2.24. The fraction of sp³-hybridized carbons (Fsp3) is 0.286. The number of amides is 1. The Hall–Kier alpha value is -2.48. The fourth-order valence-electron chi connectivity index (χ4n) is 1.97. The fourth-order valence-corrected chi connectivity index (χ4v) is 2.83. The highest BCUT2D eigenvalue weighted by molar-refractivity contribution is 7.11. The summed E-state index contributed by atoms with van der Waals surface area (Å²) in [5.41, 5.74) is 5.37. The molecule has 0 radical (unpaired) electrons. The van der Waals surface area contributed by atoms with Crippen molar-refractivity contribution in [2.24, 2.45) is 0 Å². The van der Waals surface area contributed by atoms with Crippen LogP contribution < -0.4 is 11.1 Å². The van der Waals surface area contributed by atoms with E-state index in [0.29, 0.717) is 0 Å². The number of nitro benzene ring substituents is 1. The Morgan fingerprint density at radius 2 is 2.27 bits per heavy atom. The standard InChI is InChI=1S/C14H16N4O3S/c1-3-9-7-16-14(22-9)8(2)17-13(19)12-10(15)5-4-6-11(12)18(20)21/h4-8H,3,15H2,1-2H3,(H,17,19). The Morgan fingerprint density at radius 3 is 2.86 bits per heavy atom. The Morgan fingerprint density at radius 1 is 1.55 bits per heavy atom. The normalized spacial score (nSPS) is 11.9. The maximum absolute atomic E-state index is 12.3. The molecule has 0 bridgehead atoms. The number of nitrogens with one attached hydrogen (secondary N) is 1. The molecule has 0 aliphatic heterocycles. The van der Waals surface area contributed by atoms with Crippen LogP contribution in [0.1, 0.15) is 40.1 Å². The molecule has 116 valence electrons. The number of carbonyl (C=O) groups excluding carboxylic acids is 1. The molecular formula is C14H16N4O3S. The minimum Gasteiger partial charge on any atom is -0.398 e. The van der Waals surface area contributed by atoms with E-state index in [1.807, 2.05) is 6.92 Å². The van der Waals surface area contributed by atoms with Gasteiger partial charge < -0.3 is 11.1 Å². The Kier molecular flexibility index (Phi) is 4.71. The summed E-state index contributed by atoms with van der Waals surface area (Å²) >= 11 is 1.50. The maximum Gasteiger partial charge on any atom is 0.284 e. The van der Waals surface area contributed by atoms with Gasteiger partial charge in [-0.1, -0.05) is 13.0 Å². The molecule has 0 aliphatic carbocycles. The number of thiazole rings is 1. The lowest BCUT2D eigenvalue weighted by Crippen LogP contribution is -2.28. The number of aromatic nitrogens is 1. The number of nitrogen functional groups attached to an aromatic ring is 1. The number of carbonyl (C=O) groups is 1. The largest absolute Gasteiger partial charge is 0.398 e. The van der Waals surface area contributed by atoms with Crippen LogP contribution >= 0.6 is 11.3 Å². The summed E-state index contributed by atoms with van der Waals surface area (Å²) in [4.78, 5) is 28.1. The van der Waals surface area contributed by atoms with Gasteiger partial charge in [0.25, 0.3) is 11.6 Å². The molecule has 0 fully saturated rings. The monoisotopic (exact) mass is 320 g/mol. The van der Waals surface area contributed by atoms with Crippen LogP contribution in [0, 0.1) is 10.1 Å². The minimum absolute atomic E-state index is 0.0762. The number of hydrogen-bond donors (Lipinski definition) is 2. The molecule has 2 aromatic rings. The van der Waals surface area contributed by atoms with Gasteiger partial charge in [-0.3, -0.25) is 14.9 Å². The number of rotatable bonds is 5. The van der Waals surface area contributed by atoms with E-state index in [9.17, 15) is 14.9 Å². The van der Waals surface area contributed by atoms with E-state index in [1.54, 1.807) is 13.1 Å². The summed E-state index contributed by atoms with van der Waals surface area (Å²) in [6.07, 6.45) is 2.64. The minimum atomic E-state index is -0.617. The van der Waals surface area contributed by atoms with Gasteiger partial charge in [-0.05, 0) is 19.4 Å². The maximum atomic E-state index is 12.3. The van der Waals surface area contributed by atoms with E-state index in [4.69, 9.17) is 5.73 Å². The predicted octanol–water partition coefficient (Wildman–Crippen LogP) is 2.69. The summed E-state index contributed by atoms with van der Waals surface area (Å²) in [5, 5.41) is 14.5. The highest BCUT2D eigenvalue weighted by atomic mass is 32.1. The molecule has 3 N–H and O–H groups in total. The van der Waals surface area contributed by atoms with Gasteiger partial charge in [0.05, 0.1) is 16.7 Å². The molecule has 2 rings (SSSR count). The number of nitrogens with two attached hydrogens (primary N) is 1. The smallest absolute Gasteiger partial charge is 0.284 e. The van der Waals surface area contributed by atoms with Crippen LogP contribution in [0.4, 0.5) is 11.4 Å². The third-order valence-corrected chi connectivity index (χ3v) is 4.46. The molecule has 1 heterocycles. The van der Waals surface area contributed by atoms with E-state index >= 15 is 0 Å². The number of aryl methyl sites for hydroxylation is 1. The lowest BCUT2D eigenvalue weighted by molar-refractivity contribution is -0.385. The predicted molar refractivity (Wildman–Crippen MR) is 84.9 cm³/mol. The van der Waals surface area contributed by atoms with Gasteiger partial charge in [-0.25, -0.2) is 4.98 Å². The number of nitro groups is 1. The lowest BCUT2D eigenvalue weighted by Gasteiger charge is -2.12. The topological polar surface area (TPSA) is 111 Å². The first-order valence-electron chi connectivity index (χ1n) is 6.72. The zero-order valence-electron chi connectivity index (χ0n) is 12.2. The molecule has 0 spiro atoms. The van der Waals surface area contributed by atoms with Crippen LogP contribution in [0.5, 0.6) is 0 Å². The molecule has 0 saturated carbocycles. The first kappa shape index (κ1) is 15.9. The van der Waals surface area contributed by atoms with Crippen molar-refractivity contribution < 1.29 is 9.72 Å². The zero-order chi connectivity index (χ0) is 16.3. The third-order valence-electron chi connectivity index (χ3n) is 3.14.